The lowest BCUT2D eigenvalue weighted by Gasteiger charge is -2.01. The summed E-state index contributed by atoms with van der Waals surface area (Å²) in [5.74, 6) is -0.0769. The van der Waals surface area contributed by atoms with Gasteiger partial charge in [-0.3, -0.25) is 4.79 Å². The molecular formula is C18H11IN2O. The Morgan fingerprint density at radius 3 is 2.82 bits per heavy atom. The highest BCUT2D eigenvalue weighted by molar-refractivity contribution is 14.1. The molecule has 1 aliphatic heterocycles. The Bertz CT molecular complexity index is 947. The Balaban J connectivity index is 1.85. The van der Waals surface area contributed by atoms with Crippen LogP contribution in [0, 0.1) is 3.57 Å². The molecule has 0 spiro atoms. The number of nitrogens with zero attached hydrogens (tertiary/aromatic N) is 1. The Kier molecular flexibility index (Phi) is 3.18. The Morgan fingerprint density at radius 1 is 1.05 bits per heavy atom. The number of benzene rings is 2. The zero-order valence-electron chi connectivity index (χ0n) is 11.5. The molecule has 3 nitrogen and oxygen atoms in total. The van der Waals surface area contributed by atoms with Crippen LogP contribution in [0.4, 0.5) is 5.69 Å². The van der Waals surface area contributed by atoms with E-state index < -0.39 is 0 Å². The number of aromatic nitrogens is 1. The molecular weight excluding hydrogens is 387 g/mol. The fourth-order valence-corrected chi connectivity index (χ4v) is 3.10. The number of amides is 1. The van der Waals surface area contributed by atoms with Crippen LogP contribution in [0.15, 0.2) is 54.6 Å². The van der Waals surface area contributed by atoms with Crippen LogP contribution in [0.3, 0.4) is 0 Å². The van der Waals surface area contributed by atoms with Gasteiger partial charge in [0.2, 0.25) is 0 Å². The van der Waals surface area contributed by atoms with E-state index in [4.69, 9.17) is 0 Å². The van der Waals surface area contributed by atoms with Crippen molar-refractivity contribution in [2.24, 2.45) is 0 Å². The van der Waals surface area contributed by atoms with E-state index in [0.29, 0.717) is 5.57 Å². The Labute approximate surface area is 141 Å². The highest BCUT2D eigenvalue weighted by Crippen LogP contribution is 2.34. The minimum Gasteiger partial charge on any atom is -0.321 e. The topological polar surface area (TPSA) is 42.0 Å². The van der Waals surface area contributed by atoms with Gasteiger partial charge in [0.25, 0.3) is 5.91 Å². The van der Waals surface area contributed by atoms with Gasteiger partial charge in [0.1, 0.15) is 0 Å². The van der Waals surface area contributed by atoms with E-state index in [1.807, 2.05) is 60.7 Å². The first-order valence-corrected chi connectivity index (χ1v) is 7.97. The number of fused-ring (bicyclic) bond motifs is 2. The van der Waals surface area contributed by atoms with E-state index in [1.54, 1.807) is 0 Å². The molecule has 0 radical (unpaired) electrons. The molecule has 3 aromatic rings. The van der Waals surface area contributed by atoms with Crippen molar-refractivity contribution >= 4 is 56.7 Å². The van der Waals surface area contributed by atoms with Gasteiger partial charge in [-0.05, 0) is 59.0 Å². The van der Waals surface area contributed by atoms with Crippen LogP contribution in [-0.4, -0.2) is 10.9 Å². The standard InChI is InChI=1S/C18H11IN2O/c19-12-6-8-17-14(9-12)15(18(22)21-17)10-13-7-5-11-3-1-2-4-16(11)20-13/h1-10H,(H,21,22). The van der Waals surface area contributed by atoms with Crippen LogP contribution < -0.4 is 5.32 Å². The highest BCUT2D eigenvalue weighted by atomic mass is 127. The van der Waals surface area contributed by atoms with Crippen molar-refractivity contribution in [3.05, 3.63) is 69.4 Å². The number of carbonyl (C=O) groups excluding carboxylic acids is 1. The van der Waals surface area contributed by atoms with Gasteiger partial charge in [0, 0.05) is 20.2 Å². The summed E-state index contributed by atoms with van der Waals surface area (Å²) < 4.78 is 1.10. The first-order valence-electron chi connectivity index (χ1n) is 6.89. The molecule has 0 bridgehead atoms. The fourth-order valence-electron chi connectivity index (χ4n) is 2.61. The van der Waals surface area contributed by atoms with Crippen molar-refractivity contribution in [1.29, 1.82) is 0 Å². The summed E-state index contributed by atoms with van der Waals surface area (Å²) in [5.41, 5.74) is 4.18. The molecule has 4 heteroatoms. The van der Waals surface area contributed by atoms with Gasteiger partial charge in [-0.25, -0.2) is 4.98 Å². The minimum absolute atomic E-state index is 0.0769. The molecule has 0 unspecified atom stereocenters. The van der Waals surface area contributed by atoms with Crippen LogP contribution in [-0.2, 0) is 4.79 Å². The average Bonchev–Trinajstić information content (AvgIpc) is 2.83. The monoisotopic (exact) mass is 398 g/mol. The molecule has 106 valence electrons. The second-order valence-electron chi connectivity index (χ2n) is 5.13. The summed E-state index contributed by atoms with van der Waals surface area (Å²) in [4.78, 5) is 16.8. The van der Waals surface area contributed by atoms with Crippen LogP contribution in [0.2, 0.25) is 0 Å². The van der Waals surface area contributed by atoms with E-state index >= 15 is 0 Å². The summed E-state index contributed by atoms with van der Waals surface area (Å²) in [7, 11) is 0. The number of hydrogen-bond donors (Lipinski definition) is 1. The van der Waals surface area contributed by atoms with Gasteiger partial charge < -0.3 is 5.32 Å². The van der Waals surface area contributed by atoms with Crippen molar-refractivity contribution in [3.8, 4) is 0 Å². The van der Waals surface area contributed by atoms with Crippen molar-refractivity contribution in [3.63, 3.8) is 0 Å². The third-order valence-electron chi connectivity index (χ3n) is 3.68. The molecule has 22 heavy (non-hydrogen) atoms. The first-order chi connectivity index (χ1) is 10.7. The van der Waals surface area contributed by atoms with Gasteiger partial charge in [0.05, 0.1) is 16.8 Å². The maximum atomic E-state index is 12.2. The fraction of sp³-hybridized carbons (Fsp3) is 0. The zero-order chi connectivity index (χ0) is 15.1. The summed E-state index contributed by atoms with van der Waals surface area (Å²) >= 11 is 2.25. The van der Waals surface area contributed by atoms with Gasteiger partial charge in [0.15, 0.2) is 0 Å². The number of carbonyl (C=O) groups is 1. The zero-order valence-corrected chi connectivity index (χ0v) is 13.7. The van der Waals surface area contributed by atoms with Crippen LogP contribution in [0.1, 0.15) is 11.3 Å². The summed E-state index contributed by atoms with van der Waals surface area (Å²) in [5, 5.41) is 3.99. The molecule has 2 aromatic carbocycles. The van der Waals surface area contributed by atoms with Gasteiger partial charge in [-0.2, -0.15) is 0 Å². The number of nitrogens with one attached hydrogen (secondary N) is 1. The number of rotatable bonds is 1. The normalized spacial score (nSPS) is 15.1. The molecule has 0 aliphatic carbocycles. The minimum atomic E-state index is -0.0769. The second kappa shape index (κ2) is 5.21. The predicted octanol–water partition coefficient (Wildman–Crippen LogP) is 4.33. The van der Waals surface area contributed by atoms with Crippen molar-refractivity contribution in [2.45, 2.75) is 0 Å². The molecule has 1 aliphatic rings. The number of pyridine rings is 1. The van der Waals surface area contributed by atoms with E-state index in [9.17, 15) is 4.79 Å². The smallest absolute Gasteiger partial charge is 0.256 e. The lowest BCUT2D eigenvalue weighted by atomic mass is 10.1. The summed E-state index contributed by atoms with van der Waals surface area (Å²) in [6, 6.07) is 17.9. The molecule has 1 aromatic heterocycles. The SMILES string of the molecule is O=C1Nc2ccc(I)cc2C1=Cc1ccc2ccccc2n1. The summed E-state index contributed by atoms with van der Waals surface area (Å²) in [6.45, 7) is 0. The van der Waals surface area contributed by atoms with Crippen LogP contribution >= 0.6 is 22.6 Å². The molecule has 2 heterocycles. The van der Waals surface area contributed by atoms with Crippen molar-refractivity contribution in [1.82, 2.24) is 4.98 Å². The summed E-state index contributed by atoms with van der Waals surface area (Å²) in [6.07, 6.45) is 1.85. The highest BCUT2D eigenvalue weighted by Gasteiger charge is 2.24. The van der Waals surface area contributed by atoms with Crippen LogP contribution in [0.25, 0.3) is 22.6 Å². The second-order valence-corrected chi connectivity index (χ2v) is 6.38. The maximum Gasteiger partial charge on any atom is 0.256 e. The molecule has 1 N–H and O–H groups in total. The molecule has 1 amide bonds. The molecule has 0 atom stereocenters. The third-order valence-corrected chi connectivity index (χ3v) is 4.35. The maximum absolute atomic E-state index is 12.2. The van der Waals surface area contributed by atoms with Gasteiger partial charge in [-0.1, -0.05) is 24.3 Å². The number of halogens is 1. The molecule has 0 saturated heterocycles. The number of anilines is 1. The molecule has 0 saturated carbocycles. The van der Waals surface area contributed by atoms with Gasteiger partial charge >= 0.3 is 0 Å². The Morgan fingerprint density at radius 2 is 1.91 bits per heavy atom. The number of hydrogen-bond acceptors (Lipinski definition) is 2. The van der Waals surface area contributed by atoms with Crippen molar-refractivity contribution in [2.75, 3.05) is 5.32 Å². The van der Waals surface area contributed by atoms with Gasteiger partial charge in [-0.15, -0.1) is 0 Å². The average molecular weight is 398 g/mol. The quantitative estimate of drug-likeness (QED) is 0.490. The molecule has 4 rings (SSSR count). The van der Waals surface area contributed by atoms with E-state index in [-0.39, 0.29) is 5.91 Å². The van der Waals surface area contributed by atoms with E-state index in [2.05, 4.69) is 32.9 Å². The van der Waals surface area contributed by atoms with E-state index in [1.165, 1.54) is 0 Å². The van der Waals surface area contributed by atoms with E-state index in [0.717, 1.165) is 31.4 Å². The molecule has 0 fully saturated rings. The third kappa shape index (κ3) is 2.29. The number of para-hydroxylation sites is 1. The largest absolute Gasteiger partial charge is 0.321 e. The van der Waals surface area contributed by atoms with Crippen LogP contribution in [0.5, 0.6) is 0 Å². The lowest BCUT2D eigenvalue weighted by Crippen LogP contribution is -2.03. The predicted molar refractivity (Wildman–Crippen MR) is 97.4 cm³/mol. The lowest BCUT2D eigenvalue weighted by molar-refractivity contribution is -0.110. The first kappa shape index (κ1) is 13.5. The Hall–Kier alpha value is -2.21. The van der Waals surface area contributed by atoms with Crippen molar-refractivity contribution < 1.29 is 4.79 Å².